The SMILES string of the molecule is CC(C)NCCOCCOCCOCCOCCCNC(=O)C(C)C. The standard InChI is InChI=1S/C18H38N2O5/c1-16(2)18(21)20-6-5-8-22-10-12-24-14-15-25-13-11-23-9-7-19-17(3)4/h16-17,19H,5-15H2,1-4H3,(H,20,21). The Balaban J connectivity index is 3.06. The van der Waals surface area contributed by atoms with E-state index < -0.39 is 0 Å². The van der Waals surface area contributed by atoms with E-state index in [4.69, 9.17) is 18.9 Å². The van der Waals surface area contributed by atoms with Gasteiger partial charge in [0.05, 0.1) is 46.2 Å². The Morgan fingerprint density at radius 3 is 1.68 bits per heavy atom. The summed E-state index contributed by atoms with van der Waals surface area (Å²) in [5.74, 6) is 0.117. The molecule has 0 heterocycles. The Kier molecular flexibility index (Phi) is 17.5. The predicted molar refractivity (Wildman–Crippen MR) is 98.9 cm³/mol. The van der Waals surface area contributed by atoms with Crippen LogP contribution in [0.2, 0.25) is 0 Å². The highest BCUT2D eigenvalue weighted by molar-refractivity contribution is 5.77. The van der Waals surface area contributed by atoms with E-state index in [0.29, 0.717) is 65.4 Å². The topological polar surface area (TPSA) is 78.1 Å². The lowest BCUT2D eigenvalue weighted by molar-refractivity contribution is -0.124. The minimum Gasteiger partial charge on any atom is -0.379 e. The van der Waals surface area contributed by atoms with Gasteiger partial charge in [-0.05, 0) is 6.42 Å². The number of ether oxygens (including phenoxy) is 4. The van der Waals surface area contributed by atoms with Crippen LogP contribution in [-0.4, -0.2) is 77.9 Å². The van der Waals surface area contributed by atoms with Crippen molar-refractivity contribution in [3.63, 3.8) is 0 Å². The van der Waals surface area contributed by atoms with Gasteiger partial charge in [0, 0.05) is 31.7 Å². The van der Waals surface area contributed by atoms with Crippen LogP contribution in [0.25, 0.3) is 0 Å². The molecule has 0 rings (SSSR count). The van der Waals surface area contributed by atoms with Gasteiger partial charge < -0.3 is 29.6 Å². The van der Waals surface area contributed by atoms with Crippen LogP contribution >= 0.6 is 0 Å². The lowest BCUT2D eigenvalue weighted by atomic mass is 10.2. The van der Waals surface area contributed by atoms with E-state index in [9.17, 15) is 4.79 Å². The van der Waals surface area contributed by atoms with Crippen molar-refractivity contribution in [1.82, 2.24) is 10.6 Å². The third-order valence-corrected chi connectivity index (χ3v) is 3.20. The number of hydrogen-bond acceptors (Lipinski definition) is 6. The Hall–Kier alpha value is -0.730. The summed E-state index contributed by atoms with van der Waals surface area (Å²) < 4.78 is 21.7. The molecule has 0 saturated carbocycles. The van der Waals surface area contributed by atoms with Gasteiger partial charge in [0.15, 0.2) is 0 Å². The maximum absolute atomic E-state index is 11.3. The second-order valence-corrected chi connectivity index (χ2v) is 6.36. The first-order valence-electron chi connectivity index (χ1n) is 9.36. The molecule has 1 amide bonds. The van der Waals surface area contributed by atoms with Crippen LogP contribution in [0.1, 0.15) is 34.1 Å². The Bertz CT molecular complexity index is 301. The van der Waals surface area contributed by atoms with Gasteiger partial charge in [-0.25, -0.2) is 0 Å². The summed E-state index contributed by atoms with van der Waals surface area (Å²) in [6.07, 6.45) is 0.814. The molecular weight excluding hydrogens is 324 g/mol. The molecule has 0 saturated heterocycles. The van der Waals surface area contributed by atoms with Crippen molar-refractivity contribution in [3.05, 3.63) is 0 Å². The minimum atomic E-state index is 0.0324. The van der Waals surface area contributed by atoms with Gasteiger partial charge in [-0.1, -0.05) is 27.7 Å². The fourth-order valence-corrected chi connectivity index (χ4v) is 1.77. The van der Waals surface area contributed by atoms with Gasteiger partial charge in [-0.2, -0.15) is 0 Å². The quantitative estimate of drug-likeness (QED) is 0.357. The van der Waals surface area contributed by atoms with E-state index in [2.05, 4.69) is 24.5 Å². The second kappa shape index (κ2) is 18.1. The lowest BCUT2D eigenvalue weighted by Crippen LogP contribution is -2.29. The molecule has 7 heteroatoms. The molecule has 0 radical (unpaired) electrons. The fourth-order valence-electron chi connectivity index (χ4n) is 1.77. The summed E-state index contributed by atoms with van der Waals surface area (Å²) in [6.45, 7) is 14.3. The van der Waals surface area contributed by atoms with Gasteiger partial charge >= 0.3 is 0 Å². The molecule has 7 nitrogen and oxygen atoms in total. The molecule has 0 aromatic rings. The molecule has 0 bridgehead atoms. The zero-order valence-corrected chi connectivity index (χ0v) is 16.5. The summed E-state index contributed by atoms with van der Waals surface area (Å²) in [7, 11) is 0. The third kappa shape index (κ3) is 19.4. The largest absolute Gasteiger partial charge is 0.379 e. The summed E-state index contributed by atoms with van der Waals surface area (Å²) in [5, 5.41) is 6.14. The predicted octanol–water partition coefficient (Wildman–Crippen LogP) is 1.21. The van der Waals surface area contributed by atoms with Gasteiger partial charge in [0.1, 0.15) is 0 Å². The molecule has 0 aliphatic carbocycles. The zero-order chi connectivity index (χ0) is 18.8. The maximum Gasteiger partial charge on any atom is 0.222 e. The van der Waals surface area contributed by atoms with Crippen LogP contribution in [-0.2, 0) is 23.7 Å². The number of nitrogens with one attached hydrogen (secondary N) is 2. The van der Waals surface area contributed by atoms with Gasteiger partial charge in [0.2, 0.25) is 5.91 Å². The average molecular weight is 363 g/mol. The van der Waals surface area contributed by atoms with Crippen molar-refractivity contribution in [1.29, 1.82) is 0 Å². The maximum atomic E-state index is 11.3. The smallest absolute Gasteiger partial charge is 0.222 e. The molecule has 0 aromatic carbocycles. The highest BCUT2D eigenvalue weighted by atomic mass is 16.6. The average Bonchev–Trinajstić information content (AvgIpc) is 2.57. The van der Waals surface area contributed by atoms with Crippen LogP contribution in [0.5, 0.6) is 0 Å². The van der Waals surface area contributed by atoms with Crippen molar-refractivity contribution in [3.8, 4) is 0 Å². The number of carbonyl (C=O) groups is 1. The van der Waals surface area contributed by atoms with E-state index in [1.807, 2.05) is 13.8 Å². The molecule has 0 aliphatic rings. The monoisotopic (exact) mass is 362 g/mol. The minimum absolute atomic E-state index is 0.0324. The van der Waals surface area contributed by atoms with Crippen LogP contribution in [0.15, 0.2) is 0 Å². The highest BCUT2D eigenvalue weighted by Gasteiger charge is 2.04. The third-order valence-electron chi connectivity index (χ3n) is 3.20. The van der Waals surface area contributed by atoms with Crippen molar-refractivity contribution in [2.75, 3.05) is 65.9 Å². The molecule has 0 aromatic heterocycles. The molecule has 2 N–H and O–H groups in total. The van der Waals surface area contributed by atoms with Crippen molar-refractivity contribution >= 4 is 5.91 Å². The van der Waals surface area contributed by atoms with Crippen LogP contribution in [0, 0.1) is 5.92 Å². The Labute approximate surface area is 153 Å². The number of rotatable bonds is 18. The fraction of sp³-hybridized carbons (Fsp3) is 0.944. The zero-order valence-electron chi connectivity index (χ0n) is 16.5. The first-order chi connectivity index (χ1) is 12.0. The van der Waals surface area contributed by atoms with Crippen LogP contribution < -0.4 is 10.6 Å². The van der Waals surface area contributed by atoms with Crippen molar-refractivity contribution < 1.29 is 23.7 Å². The molecule has 150 valence electrons. The molecule has 0 spiro atoms. The first-order valence-corrected chi connectivity index (χ1v) is 9.36. The molecule has 0 atom stereocenters. The normalized spacial score (nSPS) is 11.4. The van der Waals surface area contributed by atoms with E-state index in [-0.39, 0.29) is 11.8 Å². The van der Waals surface area contributed by atoms with Gasteiger partial charge in [0.25, 0.3) is 0 Å². The van der Waals surface area contributed by atoms with Crippen molar-refractivity contribution in [2.24, 2.45) is 5.92 Å². The second-order valence-electron chi connectivity index (χ2n) is 6.36. The summed E-state index contributed by atoms with van der Waals surface area (Å²) in [5.41, 5.74) is 0. The Morgan fingerprint density at radius 1 is 0.720 bits per heavy atom. The van der Waals surface area contributed by atoms with Gasteiger partial charge in [-0.3, -0.25) is 4.79 Å². The van der Waals surface area contributed by atoms with E-state index >= 15 is 0 Å². The van der Waals surface area contributed by atoms with E-state index in [0.717, 1.165) is 13.0 Å². The lowest BCUT2D eigenvalue weighted by Gasteiger charge is -2.09. The highest BCUT2D eigenvalue weighted by Crippen LogP contribution is 1.91. The summed E-state index contributed by atoms with van der Waals surface area (Å²) in [4.78, 5) is 11.3. The molecule has 0 fully saturated rings. The number of carbonyl (C=O) groups excluding carboxylic acids is 1. The molecule has 25 heavy (non-hydrogen) atoms. The van der Waals surface area contributed by atoms with Crippen molar-refractivity contribution in [2.45, 2.75) is 40.2 Å². The van der Waals surface area contributed by atoms with Gasteiger partial charge in [-0.15, -0.1) is 0 Å². The van der Waals surface area contributed by atoms with E-state index in [1.165, 1.54) is 0 Å². The van der Waals surface area contributed by atoms with Crippen LogP contribution in [0.4, 0.5) is 0 Å². The van der Waals surface area contributed by atoms with Crippen LogP contribution in [0.3, 0.4) is 0 Å². The molecular formula is C18H38N2O5. The first kappa shape index (κ1) is 24.3. The molecule has 0 aliphatic heterocycles. The number of hydrogen-bond donors (Lipinski definition) is 2. The number of amides is 1. The summed E-state index contributed by atoms with van der Waals surface area (Å²) >= 11 is 0. The summed E-state index contributed by atoms with van der Waals surface area (Å²) in [6, 6.07) is 0.492. The molecule has 0 unspecified atom stereocenters. The van der Waals surface area contributed by atoms with E-state index in [1.54, 1.807) is 0 Å². The Morgan fingerprint density at radius 2 is 1.20 bits per heavy atom.